The highest BCUT2D eigenvalue weighted by atomic mass is 32.1. The van der Waals surface area contributed by atoms with E-state index in [1.54, 1.807) is 11.3 Å². The average Bonchev–Trinajstić information content (AvgIpc) is 2.59. The predicted octanol–water partition coefficient (Wildman–Crippen LogP) is 4.05. The van der Waals surface area contributed by atoms with E-state index in [0.717, 1.165) is 15.8 Å². The van der Waals surface area contributed by atoms with Gasteiger partial charge in [0.15, 0.2) is 5.78 Å². The third-order valence-electron chi connectivity index (χ3n) is 2.16. The number of carbonyl (C=O) groups excluding carboxylic acids is 1. The van der Waals surface area contributed by atoms with Gasteiger partial charge in [0.25, 0.3) is 0 Å². The van der Waals surface area contributed by atoms with E-state index < -0.39 is 0 Å². The summed E-state index contributed by atoms with van der Waals surface area (Å²) in [4.78, 5) is 12.6. The number of Topliss-reactive ketones (excluding diaryl/α,β-unsaturated/α-hetero) is 1. The molecule has 0 N–H and O–H groups in total. The summed E-state index contributed by atoms with van der Waals surface area (Å²) < 4.78 is 1.17. The first-order valence-electron chi connectivity index (χ1n) is 4.83. The molecule has 0 saturated heterocycles. The van der Waals surface area contributed by atoms with Gasteiger partial charge in [0.2, 0.25) is 0 Å². The fourth-order valence-corrected chi connectivity index (χ4v) is 2.48. The van der Waals surface area contributed by atoms with E-state index in [1.807, 2.05) is 37.3 Å². The molecule has 0 atom stereocenters. The first-order valence-corrected chi connectivity index (χ1v) is 5.64. The summed E-state index contributed by atoms with van der Waals surface area (Å²) in [5.41, 5.74) is 0.914. The Morgan fingerprint density at radius 2 is 2.13 bits per heavy atom. The van der Waals surface area contributed by atoms with Crippen LogP contribution in [0.2, 0.25) is 0 Å². The topological polar surface area (TPSA) is 17.1 Å². The fraction of sp³-hybridized carbons (Fsp3) is 0.154. The van der Waals surface area contributed by atoms with Crippen molar-refractivity contribution in [3.63, 3.8) is 0 Å². The molecule has 1 nitrogen and oxygen atoms in total. The van der Waals surface area contributed by atoms with Crippen LogP contribution in [0.25, 0.3) is 10.1 Å². The van der Waals surface area contributed by atoms with E-state index in [2.05, 4.69) is 6.58 Å². The van der Waals surface area contributed by atoms with Gasteiger partial charge in [-0.1, -0.05) is 30.4 Å². The first-order chi connectivity index (χ1) is 7.16. The molecule has 15 heavy (non-hydrogen) atoms. The molecular weight excluding hydrogens is 204 g/mol. The normalized spacial score (nSPS) is 10.5. The van der Waals surface area contributed by atoms with Crippen LogP contribution in [-0.4, -0.2) is 5.78 Å². The Labute approximate surface area is 93.1 Å². The molecule has 1 aromatic heterocycles. The van der Waals surface area contributed by atoms with E-state index in [0.29, 0.717) is 6.42 Å². The molecule has 0 saturated carbocycles. The Hall–Kier alpha value is -1.41. The second kappa shape index (κ2) is 3.99. The average molecular weight is 216 g/mol. The maximum atomic E-state index is 11.8. The molecule has 2 aromatic rings. The minimum absolute atomic E-state index is 0.170. The van der Waals surface area contributed by atoms with Gasteiger partial charge in [0.05, 0.1) is 4.88 Å². The van der Waals surface area contributed by atoms with Crippen molar-refractivity contribution in [2.45, 2.75) is 13.3 Å². The minimum Gasteiger partial charge on any atom is -0.293 e. The Morgan fingerprint density at radius 1 is 1.40 bits per heavy atom. The Balaban J connectivity index is 2.36. The third-order valence-corrected chi connectivity index (χ3v) is 3.32. The van der Waals surface area contributed by atoms with E-state index in [9.17, 15) is 4.79 Å². The molecule has 1 aromatic carbocycles. The maximum absolute atomic E-state index is 11.8. The van der Waals surface area contributed by atoms with Gasteiger partial charge in [-0.3, -0.25) is 4.79 Å². The number of benzene rings is 1. The molecular formula is C13H12OS. The summed E-state index contributed by atoms with van der Waals surface area (Å²) in [7, 11) is 0. The van der Waals surface area contributed by atoms with E-state index in [4.69, 9.17) is 0 Å². The molecule has 0 aliphatic carbocycles. The Kier molecular flexibility index (Phi) is 2.69. The maximum Gasteiger partial charge on any atom is 0.176 e. The van der Waals surface area contributed by atoms with Gasteiger partial charge in [-0.05, 0) is 24.4 Å². The van der Waals surface area contributed by atoms with Gasteiger partial charge >= 0.3 is 0 Å². The van der Waals surface area contributed by atoms with Gasteiger partial charge in [-0.25, -0.2) is 0 Å². The molecule has 2 rings (SSSR count). The largest absolute Gasteiger partial charge is 0.293 e. The lowest BCUT2D eigenvalue weighted by Crippen LogP contribution is -1.95. The number of allylic oxidation sites excluding steroid dienone is 1. The van der Waals surface area contributed by atoms with Crippen LogP contribution >= 0.6 is 11.3 Å². The summed E-state index contributed by atoms with van der Waals surface area (Å²) in [6.07, 6.45) is 0.451. The smallest absolute Gasteiger partial charge is 0.176 e. The highest BCUT2D eigenvalue weighted by Gasteiger charge is 2.09. The zero-order chi connectivity index (χ0) is 10.8. The quantitative estimate of drug-likeness (QED) is 0.558. The Morgan fingerprint density at radius 3 is 2.80 bits per heavy atom. The molecule has 0 radical (unpaired) electrons. The highest BCUT2D eigenvalue weighted by Crippen LogP contribution is 2.26. The van der Waals surface area contributed by atoms with Crippen LogP contribution in [0.3, 0.4) is 0 Å². The number of hydrogen-bond donors (Lipinski definition) is 0. The number of hydrogen-bond acceptors (Lipinski definition) is 2. The molecule has 0 unspecified atom stereocenters. The van der Waals surface area contributed by atoms with E-state index >= 15 is 0 Å². The van der Waals surface area contributed by atoms with Crippen molar-refractivity contribution in [2.24, 2.45) is 0 Å². The van der Waals surface area contributed by atoms with Crippen LogP contribution < -0.4 is 0 Å². The SMILES string of the molecule is C=C(C)CC(=O)c1cc2ccccc2s1. The lowest BCUT2D eigenvalue weighted by atomic mass is 10.1. The Bertz CT molecular complexity index is 489. The lowest BCUT2D eigenvalue weighted by molar-refractivity contribution is 0.0997. The van der Waals surface area contributed by atoms with Gasteiger partial charge in [-0.2, -0.15) is 0 Å². The third kappa shape index (κ3) is 2.16. The summed E-state index contributed by atoms with van der Waals surface area (Å²) in [5, 5.41) is 1.15. The number of thiophene rings is 1. The molecule has 0 fully saturated rings. The van der Waals surface area contributed by atoms with Crippen molar-refractivity contribution in [2.75, 3.05) is 0 Å². The lowest BCUT2D eigenvalue weighted by Gasteiger charge is -1.94. The van der Waals surface area contributed by atoms with Gasteiger partial charge < -0.3 is 0 Å². The number of rotatable bonds is 3. The molecule has 0 aliphatic heterocycles. The van der Waals surface area contributed by atoms with Crippen LogP contribution in [0.5, 0.6) is 0 Å². The summed E-state index contributed by atoms with van der Waals surface area (Å²) >= 11 is 1.56. The van der Waals surface area contributed by atoms with E-state index in [1.165, 1.54) is 4.70 Å². The molecule has 0 aliphatic rings. The monoisotopic (exact) mass is 216 g/mol. The predicted molar refractivity (Wildman–Crippen MR) is 65.6 cm³/mol. The number of ketones is 1. The number of carbonyl (C=O) groups is 1. The van der Waals surface area contributed by atoms with Crippen LogP contribution in [0, 0.1) is 0 Å². The van der Waals surface area contributed by atoms with Crippen LogP contribution in [0.15, 0.2) is 42.5 Å². The van der Waals surface area contributed by atoms with Crippen molar-refractivity contribution >= 4 is 27.2 Å². The van der Waals surface area contributed by atoms with E-state index in [-0.39, 0.29) is 5.78 Å². The summed E-state index contributed by atoms with van der Waals surface area (Å²) in [6.45, 7) is 5.64. The second-order valence-electron chi connectivity index (χ2n) is 3.71. The van der Waals surface area contributed by atoms with Crippen molar-refractivity contribution < 1.29 is 4.79 Å². The van der Waals surface area contributed by atoms with Crippen molar-refractivity contribution in [3.8, 4) is 0 Å². The zero-order valence-corrected chi connectivity index (χ0v) is 9.43. The van der Waals surface area contributed by atoms with Gasteiger partial charge in [-0.15, -0.1) is 11.3 Å². The minimum atomic E-state index is 0.170. The van der Waals surface area contributed by atoms with Crippen LogP contribution in [0.4, 0.5) is 0 Å². The molecule has 0 amide bonds. The van der Waals surface area contributed by atoms with Crippen LogP contribution in [0.1, 0.15) is 23.0 Å². The zero-order valence-electron chi connectivity index (χ0n) is 8.62. The van der Waals surface area contributed by atoms with Crippen molar-refractivity contribution in [1.29, 1.82) is 0 Å². The molecule has 0 spiro atoms. The molecule has 2 heteroatoms. The summed E-state index contributed by atoms with van der Waals surface area (Å²) in [6, 6.07) is 10.0. The standard InChI is InChI=1S/C13H12OS/c1-9(2)7-11(14)13-8-10-5-3-4-6-12(10)15-13/h3-6,8H,1,7H2,2H3. The van der Waals surface area contributed by atoms with Gasteiger partial charge in [0.1, 0.15) is 0 Å². The van der Waals surface area contributed by atoms with Crippen molar-refractivity contribution in [3.05, 3.63) is 47.4 Å². The second-order valence-corrected chi connectivity index (χ2v) is 4.79. The van der Waals surface area contributed by atoms with Crippen LogP contribution in [-0.2, 0) is 0 Å². The summed E-state index contributed by atoms with van der Waals surface area (Å²) in [5.74, 6) is 0.170. The number of fused-ring (bicyclic) bond motifs is 1. The van der Waals surface area contributed by atoms with Crippen molar-refractivity contribution in [1.82, 2.24) is 0 Å². The fourth-order valence-electron chi connectivity index (χ4n) is 1.48. The van der Waals surface area contributed by atoms with Gasteiger partial charge in [0, 0.05) is 11.1 Å². The highest BCUT2D eigenvalue weighted by molar-refractivity contribution is 7.20. The molecule has 1 heterocycles. The first kappa shape index (κ1) is 10.1. The molecule has 0 bridgehead atoms. The molecule has 76 valence electrons.